The molecular formula is C28H32F2N8O3. The van der Waals surface area contributed by atoms with Gasteiger partial charge in [-0.3, -0.25) is 4.98 Å². The first-order valence-corrected chi connectivity index (χ1v) is 13.1. The van der Waals surface area contributed by atoms with Gasteiger partial charge in [-0.15, -0.1) is 0 Å². The van der Waals surface area contributed by atoms with E-state index < -0.39 is 17.7 Å². The first kappa shape index (κ1) is 28.2. The Kier molecular flexibility index (Phi) is 7.99. The second kappa shape index (κ2) is 11.6. The summed E-state index contributed by atoms with van der Waals surface area (Å²) < 4.78 is 41.2. The van der Waals surface area contributed by atoms with Crippen LogP contribution in [0.5, 0.6) is 0 Å². The standard InChI is InChI=1S/C28H32F2N8O3/c1-16-13-37(14-21(31)26(16)36(2)28(39)41-4)24-7-8-32-12-23(24)34-27-33-11-18-5-6-22(35-38(18)27)25-19(29)9-17(15-40-3)10-20(25)30/h5-12,16,21,26H,13-15,31H2,1-4H3,(H,33,34). The molecule has 3 unspecified atom stereocenters. The third-order valence-electron chi connectivity index (χ3n) is 7.31. The molecule has 1 aliphatic rings. The van der Waals surface area contributed by atoms with Crippen LogP contribution in [0.25, 0.3) is 16.8 Å². The minimum Gasteiger partial charge on any atom is -0.453 e. The van der Waals surface area contributed by atoms with Gasteiger partial charge in [-0.25, -0.2) is 18.6 Å². The first-order chi connectivity index (χ1) is 19.7. The molecule has 0 bridgehead atoms. The Balaban J connectivity index is 1.43. The Hall–Kier alpha value is -4.36. The van der Waals surface area contributed by atoms with E-state index in [2.05, 4.69) is 25.3 Å². The van der Waals surface area contributed by atoms with E-state index in [4.69, 9.17) is 15.2 Å². The Bertz CT molecular complexity index is 1530. The number of nitrogens with zero attached hydrogens (tertiary/aromatic N) is 6. The highest BCUT2D eigenvalue weighted by atomic mass is 19.1. The number of aromatic nitrogens is 4. The lowest BCUT2D eigenvalue weighted by atomic mass is 9.89. The molecule has 1 fully saturated rings. The molecule has 1 aliphatic heterocycles. The van der Waals surface area contributed by atoms with Crippen LogP contribution >= 0.6 is 0 Å². The lowest BCUT2D eigenvalue weighted by molar-refractivity contribution is 0.0906. The number of halogens is 2. The van der Waals surface area contributed by atoms with Gasteiger partial charge in [-0.05, 0) is 41.8 Å². The number of piperidine rings is 1. The number of rotatable bonds is 7. The molecule has 1 saturated heterocycles. The lowest BCUT2D eigenvalue weighted by Crippen LogP contribution is -2.62. The SMILES string of the molecule is COCc1cc(F)c(-c2ccc3cnc(Nc4cnccc4N4CC(C)C(N(C)C(=O)OC)C(N)C4)n3n2)c(F)c1. The van der Waals surface area contributed by atoms with Crippen LogP contribution in [0.15, 0.2) is 48.9 Å². The highest BCUT2D eigenvalue weighted by molar-refractivity contribution is 5.74. The minimum absolute atomic E-state index is 0.0421. The van der Waals surface area contributed by atoms with E-state index in [9.17, 15) is 13.6 Å². The summed E-state index contributed by atoms with van der Waals surface area (Å²) in [5.41, 5.74) is 8.91. The van der Waals surface area contributed by atoms with E-state index in [1.165, 1.54) is 30.9 Å². The number of imidazole rings is 1. The molecule has 13 heteroatoms. The Labute approximate surface area is 235 Å². The van der Waals surface area contributed by atoms with Crippen molar-refractivity contribution in [3.8, 4) is 11.3 Å². The molecular weight excluding hydrogens is 534 g/mol. The van der Waals surface area contributed by atoms with Crippen molar-refractivity contribution in [2.45, 2.75) is 25.6 Å². The van der Waals surface area contributed by atoms with E-state index in [1.54, 1.807) is 42.7 Å². The quantitative estimate of drug-likeness (QED) is 0.344. The molecule has 216 valence electrons. The van der Waals surface area contributed by atoms with E-state index in [-0.39, 0.29) is 35.9 Å². The van der Waals surface area contributed by atoms with Crippen LogP contribution in [0.1, 0.15) is 12.5 Å². The lowest BCUT2D eigenvalue weighted by Gasteiger charge is -2.45. The molecule has 3 aromatic heterocycles. The van der Waals surface area contributed by atoms with Crippen LogP contribution in [0.4, 0.5) is 30.9 Å². The second-order valence-corrected chi connectivity index (χ2v) is 10.1. The number of anilines is 3. The number of amides is 1. The van der Waals surface area contributed by atoms with Gasteiger partial charge in [0, 0.05) is 39.5 Å². The van der Waals surface area contributed by atoms with Crippen molar-refractivity contribution in [1.82, 2.24) is 24.5 Å². The third-order valence-corrected chi connectivity index (χ3v) is 7.31. The van der Waals surface area contributed by atoms with Gasteiger partial charge in [0.2, 0.25) is 5.95 Å². The molecule has 0 saturated carbocycles. The average Bonchev–Trinajstić information content (AvgIpc) is 3.34. The van der Waals surface area contributed by atoms with Gasteiger partial charge in [0.1, 0.15) is 11.6 Å². The maximum atomic E-state index is 14.9. The van der Waals surface area contributed by atoms with Crippen LogP contribution in [-0.4, -0.2) is 77.0 Å². The summed E-state index contributed by atoms with van der Waals surface area (Å²) in [5.74, 6) is -1.09. The molecule has 0 aliphatic carbocycles. The molecule has 1 amide bonds. The summed E-state index contributed by atoms with van der Waals surface area (Å²) in [6.45, 7) is 3.24. The van der Waals surface area contributed by atoms with Gasteiger partial charge >= 0.3 is 6.09 Å². The van der Waals surface area contributed by atoms with Crippen molar-refractivity contribution >= 4 is 28.9 Å². The van der Waals surface area contributed by atoms with Crippen molar-refractivity contribution < 1.29 is 23.0 Å². The van der Waals surface area contributed by atoms with Crippen LogP contribution < -0.4 is 16.0 Å². The zero-order valence-corrected chi connectivity index (χ0v) is 23.2. The molecule has 4 heterocycles. The number of hydrogen-bond acceptors (Lipinski definition) is 9. The van der Waals surface area contributed by atoms with Crippen molar-refractivity contribution in [2.24, 2.45) is 11.7 Å². The molecule has 5 rings (SSSR count). The van der Waals surface area contributed by atoms with Crippen LogP contribution in [0, 0.1) is 17.6 Å². The minimum atomic E-state index is -0.736. The molecule has 41 heavy (non-hydrogen) atoms. The van der Waals surface area contributed by atoms with Crippen LogP contribution in [-0.2, 0) is 16.1 Å². The summed E-state index contributed by atoms with van der Waals surface area (Å²) in [6.07, 6.45) is 4.52. The fraction of sp³-hybridized carbons (Fsp3) is 0.357. The number of nitrogens with one attached hydrogen (secondary N) is 1. The van der Waals surface area contributed by atoms with Crippen molar-refractivity contribution in [1.29, 1.82) is 0 Å². The van der Waals surface area contributed by atoms with Gasteiger partial charge in [-0.2, -0.15) is 9.61 Å². The highest BCUT2D eigenvalue weighted by Gasteiger charge is 2.38. The van der Waals surface area contributed by atoms with Crippen LogP contribution in [0.3, 0.4) is 0 Å². The predicted octanol–water partition coefficient (Wildman–Crippen LogP) is 3.81. The normalized spacial score (nSPS) is 18.9. The maximum Gasteiger partial charge on any atom is 0.409 e. The monoisotopic (exact) mass is 566 g/mol. The number of hydrogen-bond donors (Lipinski definition) is 2. The van der Waals surface area contributed by atoms with Crippen molar-refractivity contribution in [3.05, 3.63) is 66.1 Å². The van der Waals surface area contributed by atoms with E-state index in [1.807, 2.05) is 13.0 Å². The zero-order chi connectivity index (χ0) is 29.3. The summed E-state index contributed by atoms with van der Waals surface area (Å²) in [7, 11) is 4.50. The number of benzene rings is 1. The van der Waals surface area contributed by atoms with Gasteiger partial charge in [0.05, 0.1) is 60.3 Å². The number of fused-ring (bicyclic) bond motifs is 1. The fourth-order valence-corrected chi connectivity index (χ4v) is 5.55. The molecule has 3 N–H and O–H groups in total. The number of ether oxygens (including phenoxy) is 2. The third kappa shape index (κ3) is 5.50. The van der Waals surface area contributed by atoms with Crippen LogP contribution in [0.2, 0.25) is 0 Å². The number of carbonyl (C=O) groups excluding carboxylic acids is 1. The topological polar surface area (TPSA) is 123 Å². The Morgan fingerprint density at radius 1 is 1.17 bits per heavy atom. The largest absolute Gasteiger partial charge is 0.453 e. The Morgan fingerprint density at radius 2 is 1.93 bits per heavy atom. The number of pyridine rings is 1. The molecule has 4 aromatic rings. The van der Waals surface area contributed by atoms with Gasteiger partial charge < -0.3 is 30.3 Å². The van der Waals surface area contributed by atoms with Gasteiger partial charge in [-0.1, -0.05) is 6.92 Å². The predicted molar refractivity (Wildman–Crippen MR) is 150 cm³/mol. The molecule has 1 aromatic carbocycles. The maximum absolute atomic E-state index is 14.9. The molecule has 0 spiro atoms. The Morgan fingerprint density at radius 3 is 2.61 bits per heavy atom. The first-order valence-electron chi connectivity index (χ1n) is 13.1. The molecule has 3 atom stereocenters. The second-order valence-electron chi connectivity index (χ2n) is 10.1. The molecule has 0 radical (unpaired) electrons. The number of carbonyl (C=O) groups is 1. The van der Waals surface area contributed by atoms with E-state index in [0.29, 0.717) is 35.8 Å². The highest BCUT2D eigenvalue weighted by Crippen LogP contribution is 2.33. The smallest absolute Gasteiger partial charge is 0.409 e. The zero-order valence-electron chi connectivity index (χ0n) is 23.2. The summed E-state index contributed by atoms with van der Waals surface area (Å²) in [6, 6.07) is 7.05. The fourth-order valence-electron chi connectivity index (χ4n) is 5.55. The number of methoxy groups -OCH3 is 2. The summed E-state index contributed by atoms with van der Waals surface area (Å²) in [4.78, 5) is 24.5. The van der Waals surface area contributed by atoms with E-state index >= 15 is 0 Å². The van der Waals surface area contributed by atoms with Gasteiger partial charge in [0.15, 0.2) is 0 Å². The average molecular weight is 567 g/mol. The molecule has 11 nitrogen and oxygen atoms in total. The number of nitrogens with two attached hydrogens (primary N) is 1. The summed E-state index contributed by atoms with van der Waals surface area (Å²) >= 11 is 0. The number of likely N-dealkylation sites (N-methyl/N-ethyl adjacent to an activating group) is 1. The summed E-state index contributed by atoms with van der Waals surface area (Å²) in [5, 5.41) is 7.77. The van der Waals surface area contributed by atoms with E-state index in [0.717, 1.165) is 5.69 Å². The van der Waals surface area contributed by atoms with Gasteiger partial charge in [0.25, 0.3) is 0 Å². The van der Waals surface area contributed by atoms with Crippen molar-refractivity contribution in [3.63, 3.8) is 0 Å². The van der Waals surface area contributed by atoms with Crippen molar-refractivity contribution in [2.75, 3.05) is 44.6 Å².